The third-order valence-corrected chi connectivity index (χ3v) is 4.86. The van der Waals surface area contributed by atoms with Crippen molar-refractivity contribution in [2.45, 2.75) is 25.0 Å². The summed E-state index contributed by atoms with van der Waals surface area (Å²) in [4.78, 5) is 21.0. The normalized spacial score (nSPS) is 20.3. The molecule has 2 aromatic heterocycles. The number of nitrogens with zero attached hydrogens (tertiary/aromatic N) is 2. The Morgan fingerprint density at radius 3 is 2.65 bits per heavy atom. The lowest BCUT2D eigenvalue weighted by Gasteiger charge is -2.38. The van der Waals surface area contributed by atoms with E-state index >= 15 is 0 Å². The highest BCUT2D eigenvalue weighted by Crippen LogP contribution is 2.38. The molecule has 3 aromatic rings. The molecule has 4 rings (SSSR count). The van der Waals surface area contributed by atoms with Crippen molar-refractivity contribution in [3.8, 4) is 5.75 Å². The number of hydrogen-bond acceptors (Lipinski definition) is 5. The van der Waals surface area contributed by atoms with Crippen LogP contribution in [0.1, 0.15) is 34.9 Å². The quantitative estimate of drug-likeness (QED) is 0.673. The molecule has 0 aliphatic heterocycles. The average Bonchev–Trinajstić information content (AvgIpc) is 2.64. The Kier molecular flexibility index (Phi) is 4.26. The molecule has 1 aliphatic rings. The first kappa shape index (κ1) is 16.5. The molecule has 1 aliphatic carbocycles. The summed E-state index contributed by atoms with van der Waals surface area (Å²) in [6.07, 6.45) is 3.98. The van der Waals surface area contributed by atoms with E-state index < -0.39 is 0 Å². The lowest BCUT2D eigenvalue weighted by atomic mass is 9.75. The molecular formula is C20H19N3O3. The first-order valence-corrected chi connectivity index (χ1v) is 8.59. The van der Waals surface area contributed by atoms with Gasteiger partial charge in [-0.3, -0.25) is 9.78 Å². The van der Waals surface area contributed by atoms with Gasteiger partial charge in [-0.05, 0) is 48.6 Å². The molecule has 1 saturated carbocycles. The van der Waals surface area contributed by atoms with Crippen molar-refractivity contribution in [2.75, 3.05) is 0 Å². The van der Waals surface area contributed by atoms with E-state index in [0.717, 1.165) is 16.5 Å². The van der Waals surface area contributed by atoms with Crippen LogP contribution in [0.15, 0.2) is 54.9 Å². The summed E-state index contributed by atoms with van der Waals surface area (Å²) in [7, 11) is 0. The number of benzene rings is 1. The molecule has 1 aromatic carbocycles. The zero-order valence-electron chi connectivity index (χ0n) is 14.0. The highest BCUT2D eigenvalue weighted by atomic mass is 16.3. The monoisotopic (exact) mass is 349 g/mol. The van der Waals surface area contributed by atoms with Crippen LogP contribution in [-0.2, 0) is 0 Å². The molecule has 1 fully saturated rings. The molecule has 26 heavy (non-hydrogen) atoms. The number of amides is 1. The largest absolute Gasteiger partial charge is 0.506 e. The van der Waals surface area contributed by atoms with E-state index in [1.54, 1.807) is 6.20 Å². The maximum absolute atomic E-state index is 12.6. The fraction of sp³-hybridized carbons (Fsp3) is 0.250. The summed E-state index contributed by atoms with van der Waals surface area (Å²) in [6, 6.07) is 12.5. The van der Waals surface area contributed by atoms with E-state index in [1.807, 2.05) is 30.3 Å². The molecule has 0 spiro atoms. The fourth-order valence-electron chi connectivity index (χ4n) is 3.37. The molecule has 6 nitrogen and oxygen atoms in total. The molecule has 2 heterocycles. The van der Waals surface area contributed by atoms with Gasteiger partial charge in [-0.15, -0.1) is 0 Å². The molecule has 0 unspecified atom stereocenters. The van der Waals surface area contributed by atoms with Gasteiger partial charge >= 0.3 is 0 Å². The summed E-state index contributed by atoms with van der Waals surface area (Å²) in [6.45, 7) is 0. The van der Waals surface area contributed by atoms with Crippen LogP contribution in [-0.4, -0.2) is 32.2 Å². The Morgan fingerprint density at radius 1 is 1.12 bits per heavy atom. The number of nitrogens with one attached hydrogen (secondary N) is 1. The molecule has 1 atom stereocenters. The number of hydrogen-bond donors (Lipinski definition) is 3. The smallest absolute Gasteiger partial charge is 0.270 e. The van der Waals surface area contributed by atoms with Crippen molar-refractivity contribution < 1.29 is 15.0 Å². The summed E-state index contributed by atoms with van der Waals surface area (Å²) >= 11 is 0. The van der Waals surface area contributed by atoms with E-state index in [0.29, 0.717) is 12.8 Å². The predicted molar refractivity (Wildman–Crippen MR) is 96.6 cm³/mol. The molecule has 0 saturated heterocycles. The molecule has 0 radical (unpaired) electrons. The SMILES string of the molecule is O=C(N[C@H](c1cnc2ccccc2c1)C1CC(O)C1)c1ccc(O)cn1. The number of aliphatic hydroxyl groups excluding tert-OH is 1. The maximum atomic E-state index is 12.6. The van der Waals surface area contributed by atoms with E-state index in [2.05, 4.69) is 15.3 Å². The summed E-state index contributed by atoms with van der Waals surface area (Å²) in [5.41, 5.74) is 2.05. The van der Waals surface area contributed by atoms with Gasteiger partial charge in [0.2, 0.25) is 0 Å². The minimum absolute atomic E-state index is 0.0129. The number of para-hydroxylation sites is 1. The zero-order valence-corrected chi connectivity index (χ0v) is 14.0. The summed E-state index contributed by atoms with van der Waals surface area (Å²) in [5.74, 6) is -0.155. The standard InChI is InChI=1S/C20H19N3O3/c24-15-5-6-18(22-11-15)20(26)23-19(13-8-16(25)9-13)14-7-12-3-1-2-4-17(12)21-10-14/h1-7,10-11,13,16,19,24-25H,8-9H2,(H,23,26)/t13?,16?,19-/m0/s1. The number of pyridine rings is 2. The van der Waals surface area contributed by atoms with Gasteiger partial charge in [0, 0.05) is 11.6 Å². The average molecular weight is 349 g/mol. The van der Waals surface area contributed by atoms with E-state index in [-0.39, 0.29) is 35.4 Å². The van der Waals surface area contributed by atoms with Crippen molar-refractivity contribution in [1.82, 2.24) is 15.3 Å². The van der Waals surface area contributed by atoms with E-state index in [1.165, 1.54) is 18.3 Å². The van der Waals surface area contributed by atoms with Crippen molar-refractivity contribution >= 4 is 16.8 Å². The lowest BCUT2D eigenvalue weighted by Crippen LogP contribution is -2.41. The molecule has 132 valence electrons. The number of aromatic hydroxyl groups is 1. The highest BCUT2D eigenvalue weighted by molar-refractivity contribution is 5.92. The van der Waals surface area contributed by atoms with Gasteiger partial charge in [-0.1, -0.05) is 18.2 Å². The third-order valence-electron chi connectivity index (χ3n) is 4.86. The predicted octanol–water partition coefficient (Wildman–Crippen LogP) is 2.58. The number of carbonyl (C=O) groups excluding carboxylic acids is 1. The van der Waals surface area contributed by atoms with Crippen LogP contribution >= 0.6 is 0 Å². The number of carbonyl (C=O) groups is 1. The molecule has 0 bridgehead atoms. The fourth-order valence-corrected chi connectivity index (χ4v) is 3.37. The van der Waals surface area contributed by atoms with E-state index in [9.17, 15) is 15.0 Å². The number of aliphatic hydroxyl groups is 1. The Bertz CT molecular complexity index is 936. The van der Waals surface area contributed by atoms with Crippen LogP contribution < -0.4 is 5.32 Å². The minimum atomic E-state index is -0.320. The van der Waals surface area contributed by atoms with Gasteiger partial charge < -0.3 is 15.5 Å². The van der Waals surface area contributed by atoms with Crippen LogP contribution in [0.2, 0.25) is 0 Å². The summed E-state index contributed by atoms with van der Waals surface area (Å²) < 4.78 is 0. The van der Waals surface area contributed by atoms with Gasteiger partial charge in [0.25, 0.3) is 5.91 Å². The minimum Gasteiger partial charge on any atom is -0.506 e. The third kappa shape index (κ3) is 3.23. The van der Waals surface area contributed by atoms with Crippen molar-refractivity contribution in [3.05, 3.63) is 66.1 Å². The summed E-state index contributed by atoms with van der Waals surface area (Å²) in [5, 5.41) is 23.1. The Balaban J connectivity index is 1.63. The Hall–Kier alpha value is -2.99. The second-order valence-corrected chi connectivity index (χ2v) is 6.70. The van der Waals surface area contributed by atoms with Crippen molar-refractivity contribution in [3.63, 3.8) is 0 Å². The van der Waals surface area contributed by atoms with E-state index in [4.69, 9.17) is 0 Å². The van der Waals surface area contributed by atoms with Gasteiger partial charge in [0.15, 0.2) is 0 Å². The van der Waals surface area contributed by atoms with Crippen LogP contribution in [0.25, 0.3) is 10.9 Å². The van der Waals surface area contributed by atoms with Crippen molar-refractivity contribution in [2.24, 2.45) is 5.92 Å². The molecular weight excluding hydrogens is 330 g/mol. The second kappa shape index (κ2) is 6.72. The van der Waals surface area contributed by atoms with Gasteiger partial charge in [-0.25, -0.2) is 4.98 Å². The first-order chi connectivity index (χ1) is 12.6. The highest BCUT2D eigenvalue weighted by Gasteiger charge is 2.36. The van der Waals surface area contributed by atoms with Crippen molar-refractivity contribution in [1.29, 1.82) is 0 Å². The Morgan fingerprint density at radius 2 is 1.92 bits per heavy atom. The topological polar surface area (TPSA) is 95.3 Å². The molecule has 6 heteroatoms. The Labute approximate surface area is 150 Å². The number of fused-ring (bicyclic) bond motifs is 1. The lowest BCUT2D eigenvalue weighted by molar-refractivity contribution is 0.0234. The molecule has 3 N–H and O–H groups in total. The van der Waals surface area contributed by atoms with Crippen LogP contribution in [0.5, 0.6) is 5.75 Å². The van der Waals surface area contributed by atoms with Crippen LogP contribution in [0.4, 0.5) is 0 Å². The number of aromatic nitrogens is 2. The van der Waals surface area contributed by atoms with Crippen LogP contribution in [0, 0.1) is 5.92 Å². The molecule has 1 amide bonds. The zero-order chi connectivity index (χ0) is 18.1. The van der Waals surface area contributed by atoms with Gasteiger partial charge in [-0.2, -0.15) is 0 Å². The number of rotatable bonds is 4. The van der Waals surface area contributed by atoms with Gasteiger partial charge in [0.05, 0.1) is 23.9 Å². The van der Waals surface area contributed by atoms with Gasteiger partial charge in [0.1, 0.15) is 11.4 Å². The van der Waals surface area contributed by atoms with Crippen LogP contribution in [0.3, 0.4) is 0 Å². The first-order valence-electron chi connectivity index (χ1n) is 8.59. The maximum Gasteiger partial charge on any atom is 0.270 e. The second-order valence-electron chi connectivity index (χ2n) is 6.70.